The first-order chi connectivity index (χ1) is 9.49. The van der Waals surface area contributed by atoms with E-state index in [1.54, 1.807) is 26.0 Å². The summed E-state index contributed by atoms with van der Waals surface area (Å²) in [6, 6.07) is 4.54. The molecular formula is C12H14FN5OS. The van der Waals surface area contributed by atoms with E-state index in [0.717, 1.165) is 11.8 Å². The van der Waals surface area contributed by atoms with Gasteiger partial charge in [-0.15, -0.1) is 10.2 Å². The molecule has 0 saturated heterocycles. The smallest absolute Gasteiger partial charge is 0.234 e. The number of carbonyl (C=O) groups is 1. The van der Waals surface area contributed by atoms with Gasteiger partial charge in [-0.3, -0.25) is 4.79 Å². The second kappa shape index (κ2) is 5.91. The summed E-state index contributed by atoms with van der Waals surface area (Å²) in [5.74, 6) is 5.74. The third-order valence-corrected chi connectivity index (χ3v) is 3.65. The molecule has 2 rings (SSSR count). The zero-order valence-electron chi connectivity index (χ0n) is 11.1. The van der Waals surface area contributed by atoms with Gasteiger partial charge in [0.15, 0.2) is 0 Å². The van der Waals surface area contributed by atoms with E-state index in [9.17, 15) is 9.18 Å². The molecular weight excluding hydrogens is 281 g/mol. The highest BCUT2D eigenvalue weighted by molar-refractivity contribution is 7.99. The number of benzene rings is 1. The van der Waals surface area contributed by atoms with Gasteiger partial charge in [-0.25, -0.2) is 9.07 Å². The molecule has 0 atom stereocenters. The number of nitrogens with two attached hydrogens (primary N) is 1. The Morgan fingerprint density at radius 1 is 1.45 bits per heavy atom. The highest BCUT2D eigenvalue weighted by Crippen LogP contribution is 2.19. The monoisotopic (exact) mass is 295 g/mol. The van der Waals surface area contributed by atoms with Gasteiger partial charge in [-0.1, -0.05) is 17.8 Å². The maximum atomic E-state index is 13.3. The van der Waals surface area contributed by atoms with Crippen LogP contribution in [0.3, 0.4) is 0 Å². The second-order valence-corrected chi connectivity index (χ2v) is 5.09. The van der Waals surface area contributed by atoms with Crippen LogP contribution in [0, 0.1) is 19.7 Å². The topological polar surface area (TPSA) is 85.8 Å². The highest BCUT2D eigenvalue weighted by atomic mass is 32.2. The summed E-state index contributed by atoms with van der Waals surface area (Å²) in [6.07, 6.45) is 0. The molecule has 20 heavy (non-hydrogen) atoms. The molecule has 0 aliphatic heterocycles. The predicted octanol–water partition coefficient (Wildman–Crippen LogP) is 1.48. The Balaban J connectivity index is 1.96. The lowest BCUT2D eigenvalue weighted by Crippen LogP contribution is -2.17. The largest absolute Gasteiger partial charge is 0.336 e. The summed E-state index contributed by atoms with van der Waals surface area (Å²) in [6.45, 7) is 3.32. The highest BCUT2D eigenvalue weighted by Gasteiger charge is 2.11. The van der Waals surface area contributed by atoms with Gasteiger partial charge in [0.05, 0.1) is 5.75 Å². The third-order valence-electron chi connectivity index (χ3n) is 2.71. The van der Waals surface area contributed by atoms with E-state index < -0.39 is 0 Å². The molecule has 0 bridgehead atoms. The number of amides is 1. The number of hydrogen-bond donors (Lipinski definition) is 2. The molecule has 1 amide bonds. The average molecular weight is 295 g/mol. The third kappa shape index (κ3) is 3.08. The summed E-state index contributed by atoms with van der Waals surface area (Å²) in [7, 11) is 0. The number of aromatic nitrogens is 3. The minimum atomic E-state index is -0.354. The first kappa shape index (κ1) is 14.3. The first-order valence-electron chi connectivity index (χ1n) is 5.84. The molecule has 0 radical (unpaired) electrons. The van der Waals surface area contributed by atoms with Crippen molar-refractivity contribution in [3.8, 4) is 0 Å². The maximum absolute atomic E-state index is 13.3. The minimum absolute atomic E-state index is 0.116. The number of rotatable bonds is 4. The lowest BCUT2D eigenvalue weighted by Gasteiger charge is -2.08. The van der Waals surface area contributed by atoms with E-state index in [0.29, 0.717) is 22.2 Å². The Kier molecular flexibility index (Phi) is 4.23. The van der Waals surface area contributed by atoms with Crippen LogP contribution in [0.1, 0.15) is 11.4 Å². The fourth-order valence-electron chi connectivity index (χ4n) is 1.51. The molecule has 1 aromatic carbocycles. The summed E-state index contributed by atoms with van der Waals surface area (Å²) in [5, 5.41) is 10.7. The van der Waals surface area contributed by atoms with Gasteiger partial charge in [0, 0.05) is 11.3 Å². The van der Waals surface area contributed by atoms with Gasteiger partial charge in [-0.2, -0.15) is 0 Å². The predicted molar refractivity (Wildman–Crippen MR) is 75.4 cm³/mol. The summed E-state index contributed by atoms with van der Waals surface area (Å²) < 4.78 is 14.7. The van der Waals surface area contributed by atoms with Gasteiger partial charge in [-0.05, 0) is 26.0 Å². The van der Waals surface area contributed by atoms with Gasteiger partial charge in [0.2, 0.25) is 11.1 Å². The van der Waals surface area contributed by atoms with Crippen molar-refractivity contribution in [1.29, 1.82) is 0 Å². The Morgan fingerprint density at radius 3 is 2.85 bits per heavy atom. The van der Waals surface area contributed by atoms with Crippen LogP contribution in [0.4, 0.5) is 10.1 Å². The van der Waals surface area contributed by atoms with Crippen LogP contribution in [0.15, 0.2) is 23.4 Å². The van der Waals surface area contributed by atoms with Crippen molar-refractivity contribution in [2.24, 2.45) is 0 Å². The van der Waals surface area contributed by atoms with Crippen molar-refractivity contribution in [1.82, 2.24) is 14.9 Å². The molecule has 0 aliphatic rings. The molecule has 8 heteroatoms. The fraction of sp³-hybridized carbons (Fsp3) is 0.250. The van der Waals surface area contributed by atoms with E-state index in [1.807, 2.05) is 0 Å². The summed E-state index contributed by atoms with van der Waals surface area (Å²) in [4.78, 5) is 11.8. The van der Waals surface area contributed by atoms with Crippen LogP contribution < -0.4 is 11.2 Å². The normalized spacial score (nSPS) is 10.6. The van der Waals surface area contributed by atoms with Gasteiger partial charge in [0.1, 0.15) is 11.6 Å². The Hall–Kier alpha value is -2.09. The zero-order valence-corrected chi connectivity index (χ0v) is 11.9. The molecule has 6 nitrogen and oxygen atoms in total. The standard InChI is InChI=1S/C12H14FN5OS/c1-7-9(13)4-3-5-10(7)15-11(19)6-20-12-17-16-8(2)18(12)14/h3-5H,6,14H2,1-2H3,(H,15,19). The lowest BCUT2D eigenvalue weighted by atomic mass is 10.2. The van der Waals surface area contributed by atoms with Crippen LogP contribution in [0.25, 0.3) is 0 Å². The number of nitrogens with one attached hydrogen (secondary N) is 1. The minimum Gasteiger partial charge on any atom is -0.336 e. The fourth-order valence-corrected chi connectivity index (χ4v) is 2.21. The van der Waals surface area contributed by atoms with Crippen LogP contribution in [0.5, 0.6) is 0 Å². The van der Waals surface area contributed by atoms with Crippen molar-refractivity contribution in [3.05, 3.63) is 35.4 Å². The first-order valence-corrected chi connectivity index (χ1v) is 6.82. The van der Waals surface area contributed by atoms with Crippen molar-refractivity contribution < 1.29 is 9.18 Å². The molecule has 0 spiro atoms. The molecule has 0 saturated carbocycles. The number of nitrogen functional groups attached to an aromatic ring is 1. The molecule has 3 N–H and O–H groups in total. The second-order valence-electron chi connectivity index (χ2n) is 4.15. The average Bonchev–Trinajstić information content (AvgIpc) is 2.73. The number of aryl methyl sites for hydroxylation is 1. The van der Waals surface area contributed by atoms with E-state index in [-0.39, 0.29) is 17.5 Å². The van der Waals surface area contributed by atoms with E-state index in [1.165, 1.54) is 10.7 Å². The van der Waals surface area contributed by atoms with E-state index >= 15 is 0 Å². The van der Waals surface area contributed by atoms with Crippen LogP contribution in [-0.2, 0) is 4.79 Å². The summed E-state index contributed by atoms with van der Waals surface area (Å²) >= 11 is 1.16. The molecule has 0 fully saturated rings. The Labute approximate surface area is 119 Å². The number of carbonyl (C=O) groups excluding carboxylic acids is 1. The zero-order chi connectivity index (χ0) is 14.7. The van der Waals surface area contributed by atoms with Crippen molar-refractivity contribution in [2.45, 2.75) is 19.0 Å². The van der Waals surface area contributed by atoms with Gasteiger partial charge < -0.3 is 11.2 Å². The van der Waals surface area contributed by atoms with Crippen LogP contribution in [-0.4, -0.2) is 26.5 Å². The summed E-state index contributed by atoms with van der Waals surface area (Å²) in [5.41, 5.74) is 0.865. The van der Waals surface area contributed by atoms with Crippen molar-refractivity contribution >= 4 is 23.4 Å². The van der Waals surface area contributed by atoms with Gasteiger partial charge >= 0.3 is 0 Å². The van der Waals surface area contributed by atoms with Crippen molar-refractivity contribution in [2.75, 3.05) is 16.9 Å². The SMILES string of the molecule is Cc1c(F)cccc1NC(=O)CSc1nnc(C)n1N. The Morgan fingerprint density at radius 2 is 2.20 bits per heavy atom. The number of thioether (sulfide) groups is 1. The maximum Gasteiger partial charge on any atom is 0.234 e. The number of hydrogen-bond acceptors (Lipinski definition) is 5. The number of nitrogens with zero attached hydrogens (tertiary/aromatic N) is 3. The molecule has 2 aromatic rings. The van der Waals surface area contributed by atoms with Gasteiger partial charge in [0.25, 0.3) is 0 Å². The Bertz CT molecular complexity index is 643. The molecule has 106 valence electrons. The molecule has 0 unspecified atom stereocenters. The molecule has 1 heterocycles. The van der Waals surface area contributed by atoms with Crippen molar-refractivity contribution in [3.63, 3.8) is 0 Å². The van der Waals surface area contributed by atoms with Crippen LogP contribution in [0.2, 0.25) is 0 Å². The molecule has 0 aliphatic carbocycles. The quantitative estimate of drug-likeness (QED) is 0.659. The number of halogens is 1. The lowest BCUT2D eigenvalue weighted by molar-refractivity contribution is -0.113. The van der Waals surface area contributed by atoms with Crippen LogP contribution >= 0.6 is 11.8 Å². The number of anilines is 1. The van der Waals surface area contributed by atoms with E-state index in [4.69, 9.17) is 5.84 Å². The molecule has 1 aromatic heterocycles. The van der Waals surface area contributed by atoms with E-state index in [2.05, 4.69) is 15.5 Å².